The molecule has 0 heterocycles. The Morgan fingerprint density at radius 1 is 1.25 bits per heavy atom. The number of carboxylic acids is 1. The van der Waals surface area contributed by atoms with Crippen LogP contribution in [0.5, 0.6) is 0 Å². The Kier molecular flexibility index (Phi) is 7.73. The zero-order chi connectivity index (χ0) is 18.3. The van der Waals surface area contributed by atoms with Gasteiger partial charge in [0.15, 0.2) is 0 Å². The van der Waals surface area contributed by atoms with Crippen molar-refractivity contribution >= 4 is 36.1 Å². The van der Waals surface area contributed by atoms with Crippen LogP contribution < -0.4 is 11.1 Å². The Morgan fingerprint density at radius 2 is 1.83 bits per heavy atom. The SMILES string of the molecule is CC(C)C(C(=O)O)N(C(=O)CNc1ccccc1)C(=O)C(N)CS. The van der Waals surface area contributed by atoms with Crippen molar-refractivity contribution in [1.29, 1.82) is 0 Å². The smallest absolute Gasteiger partial charge is 0.327 e. The van der Waals surface area contributed by atoms with Gasteiger partial charge in [-0.1, -0.05) is 32.0 Å². The lowest BCUT2D eigenvalue weighted by atomic mass is 10.0. The van der Waals surface area contributed by atoms with E-state index in [1.54, 1.807) is 38.1 Å². The standard InChI is InChI=1S/C16H23N3O4S/c1-10(2)14(16(22)23)19(15(21)12(17)9-24)13(20)8-18-11-6-4-3-5-7-11/h3-7,10,12,14,18,24H,8-9,17H2,1-2H3,(H,22,23). The van der Waals surface area contributed by atoms with Crippen LogP contribution in [0.2, 0.25) is 0 Å². The third-order valence-corrected chi connectivity index (χ3v) is 3.79. The molecule has 0 bridgehead atoms. The van der Waals surface area contributed by atoms with E-state index in [-0.39, 0.29) is 12.3 Å². The molecule has 8 heteroatoms. The van der Waals surface area contributed by atoms with Gasteiger partial charge in [0.2, 0.25) is 11.8 Å². The highest BCUT2D eigenvalue weighted by atomic mass is 32.1. The van der Waals surface area contributed by atoms with E-state index in [1.807, 2.05) is 6.07 Å². The molecule has 7 nitrogen and oxygen atoms in total. The van der Waals surface area contributed by atoms with Crippen LogP contribution in [0, 0.1) is 5.92 Å². The topological polar surface area (TPSA) is 113 Å². The first-order valence-corrected chi connectivity index (χ1v) is 8.16. The number of nitrogens with zero attached hydrogens (tertiary/aromatic N) is 1. The van der Waals surface area contributed by atoms with Crippen molar-refractivity contribution in [2.75, 3.05) is 17.6 Å². The molecule has 132 valence electrons. The zero-order valence-electron chi connectivity index (χ0n) is 13.7. The molecular weight excluding hydrogens is 330 g/mol. The van der Waals surface area contributed by atoms with Gasteiger partial charge in [-0.05, 0) is 18.1 Å². The molecule has 0 saturated heterocycles. The summed E-state index contributed by atoms with van der Waals surface area (Å²) in [4.78, 5) is 37.2. The van der Waals surface area contributed by atoms with E-state index < -0.39 is 35.8 Å². The Labute approximate surface area is 146 Å². The Balaban J connectivity index is 3.00. The number of carbonyl (C=O) groups excluding carboxylic acids is 2. The molecule has 1 rings (SSSR count). The number of carboxylic acid groups (broad SMARTS) is 1. The van der Waals surface area contributed by atoms with Gasteiger partial charge in [0.25, 0.3) is 0 Å². The molecule has 0 aliphatic carbocycles. The number of hydrogen-bond acceptors (Lipinski definition) is 6. The molecule has 1 aromatic rings. The molecule has 0 aromatic heterocycles. The molecule has 0 fully saturated rings. The number of carbonyl (C=O) groups is 3. The molecule has 2 unspecified atom stereocenters. The largest absolute Gasteiger partial charge is 0.480 e. The fraction of sp³-hybridized carbons (Fsp3) is 0.438. The number of imide groups is 1. The fourth-order valence-corrected chi connectivity index (χ4v) is 2.34. The molecule has 24 heavy (non-hydrogen) atoms. The summed E-state index contributed by atoms with van der Waals surface area (Å²) in [7, 11) is 0. The first kappa shape index (κ1) is 20.0. The summed E-state index contributed by atoms with van der Waals surface area (Å²) < 4.78 is 0. The van der Waals surface area contributed by atoms with Gasteiger partial charge in [0.05, 0.1) is 12.6 Å². The van der Waals surface area contributed by atoms with Crippen molar-refractivity contribution in [3.63, 3.8) is 0 Å². The van der Waals surface area contributed by atoms with E-state index >= 15 is 0 Å². The van der Waals surface area contributed by atoms with E-state index in [0.29, 0.717) is 5.69 Å². The lowest BCUT2D eigenvalue weighted by Gasteiger charge is -2.31. The van der Waals surface area contributed by atoms with Crippen molar-refractivity contribution < 1.29 is 19.5 Å². The molecule has 2 amide bonds. The summed E-state index contributed by atoms with van der Waals surface area (Å²) in [6.07, 6.45) is 0. The Hall–Kier alpha value is -2.06. The lowest BCUT2D eigenvalue weighted by molar-refractivity contribution is -0.159. The molecular formula is C16H23N3O4S. The van der Waals surface area contributed by atoms with Gasteiger partial charge in [-0.3, -0.25) is 14.5 Å². The highest BCUT2D eigenvalue weighted by Gasteiger charge is 2.38. The number of rotatable bonds is 8. The van der Waals surface area contributed by atoms with Crippen LogP contribution in [0.3, 0.4) is 0 Å². The van der Waals surface area contributed by atoms with E-state index in [4.69, 9.17) is 5.73 Å². The first-order valence-electron chi connectivity index (χ1n) is 7.53. The fourth-order valence-electron chi connectivity index (χ4n) is 2.18. The second-order valence-corrected chi connectivity index (χ2v) is 6.00. The van der Waals surface area contributed by atoms with Crippen LogP contribution in [0.25, 0.3) is 0 Å². The third-order valence-electron chi connectivity index (χ3n) is 3.40. The Morgan fingerprint density at radius 3 is 2.29 bits per heavy atom. The van der Waals surface area contributed by atoms with Crippen molar-refractivity contribution in [3.05, 3.63) is 30.3 Å². The minimum atomic E-state index is -1.28. The van der Waals surface area contributed by atoms with Gasteiger partial charge in [0, 0.05) is 11.4 Å². The van der Waals surface area contributed by atoms with Crippen LogP contribution in [0.15, 0.2) is 30.3 Å². The highest BCUT2D eigenvalue weighted by molar-refractivity contribution is 7.80. The second kappa shape index (κ2) is 9.29. The van der Waals surface area contributed by atoms with Gasteiger partial charge < -0.3 is 16.2 Å². The number of benzene rings is 1. The van der Waals surface area contributed by atoms with Gasteiger partial charge in [-0.2, -0.15) is 12.6 Å². The minimum absolute atomic E-state index is 0.0131. The van der Waals surface area contributed by atoms with Crippen molar-refractivity contribution in [2.45, 2.75) is 25.9 Å². The van der Waals surface area contributed by atoms with Crippen LogP contribution in [-0.4, -0.2) is 52.2 Å². The number of aliphatic carboxylic acids is 1. The third kappa shape index (κ3) is 5.24. The van der Waals surface area contributed by atoms with E-state index in [0.717, 1.165) is 4.90 Å². The van der Waals surface area contributed by atoms with E-state index in [1.165, 1.54) is 0 Å². The molecule has 4 N–H and O–H groups in total. The van der Waals surface area contributed by atoms with Crippen molar-refractivity contribution in [3.8, 4) is 0 Å². The quantitative estimate of drug-likeness (QED) is 0.515. The second-order valence-electron chi connectivity index (χ2n) is 5.64. The van der Waals surface area contributed by atoms with Crippen LogP contribution in [-0.2, 0) is 14.4 Å². The molecule has 0 aliphatic rings. The summed E-state index contributed by atoms with van der Waals surface area (Å²) in [5.41, 5.74) is 6.36. The summed E-state index contributed by atoms with van der Waals surface area (Å²) in [6.45, 7) is 3.04. The van der Waals surface area contributed by atoms with Gasteiger partial charge in [-0.25, -0.2) is 4.79 Å². The van der Waals surface area contributed by atoms with Crippen LogP contribution >= 0.6 is 12.6 Å². The number of nitrogens with two attached hydrogens (primary N) is 1. The molecule has 0 radical (unpaired) electrons. The first-order chi connectivity index (χ1) is 11.3. The van der Waals surface area contributed by atoms with Crippen molar-refractivity contribution in [1.82, 2.24) is 4.90 Å². The average Bonchev–Trinajstić information content (AvgIpc) is 2.56. The molecule has 0 spiro atoms. The number of thiol groups is 1. The summed E-state index contributed by atoms with van der Waals surface area (Å²) >= 11 is 3.95. The normalized spacial score (nSPS) is 13.2. The number of anilines is 1. The lowest BCUT2D eigenvalue weighted by Crippen LogP contribution is -2.57. The number of para-hydroxylation sites is 1. The minimum Gasteiger partial charge on any atom is -0.480 e. The zero-order valence-corrected chi connectivity index (χ0v) is 14.6. The summed E-state index contributed by atoms with van der Waals surface area (Å²) in [5.74, 6) is -3.09. The highest BCUT2D eigenvalue weighted by Crippen LogP contribution is 2.14. The molecule has 0 aliphatic heterocycles. The van der Waals surface area contributed by atoms with E-state index in [9.17, 15) is 19.5 Å². The van der Waals surface area contributed by atoms with Crippen molar-refractivity contribution in [2.24, 2.45) is 11.7 Å². The number of nitrogens with one attached hydrogen (secondary N) is 1. The van der Waals surface area contributed by atoms with Gasteiger partial charge in [-0.15, -0.1) is 0 Å². The summed E-state index contributed by atoms with van der Waals surface area (Å²) in [6, 6.07) is 6.60. The number of hydrogen-bond donors (Lipinski definition) is 4. The predicted octanol–water partition coefficient (Wildman–Crippen LogP) is 0.820. The maximum Gasteiger partial charge on any atom is 0.327 e. The number of amides is 2. The van der Waals surface area contributed by atoms with Crippen LogP contribution in [0.4, 0.5) is 5.69 Å². The monoisotopic (exact) mass is 353 g/mol. The average molecular weight is 353 g/mol. The predicted molar refractivity (Wildman–Crippen MR) is 94.9 cm³/mol. The summed E-state index contributed by atoms with van der Waals surface area (Å²) in [5, 5.41) is 12.3. The molecule has 0 saturated carbocycles. The maximum atomic E-state index is 12.5. The maximum absolute atomic E-state index is 12.5. The van der Waals surface area contributed by atoms with Crippen LogP contribution in [0.1, 0.15) is 13.8 Å². The Bertz CT molecular complexity index is 580. The van der Waals surface area contributed by atoms with Gasteiger partial charge in [0.1, 0.15) is 6.04 Å². The van der Waals surface area contributed by atoms with E-state index in [2.05, 4.69) is 17.9 Å². The molecule has 1 aromatic carbocycles. The van der Waals surface area contributed by atoms with Gasteiger partial charge >= 0.3 is 5.97 Å². The molecule has 2 atom stereocenters.